The van der Waals surface area contributed by atoms with E-state index in [-0.39, 0.29) is 0 Å². The fourth-order valence-corrected chi connectivity index (χ4v) is 4.39. The van der Waals surface area contributed by atoms with Gasteiger partial charge in [0.25, 0.3) is 0 Å². The number of hydrogen-bond acceptors (Lipinski definition) is 7. The van der Waals surface area contributed by atoms with Crippen molar-refractivity contribution in [2.45, 2.75) is 34.1 Å². The van der Waals surface area contributed by atoms with E-state index in [1.807, 2.05) is 18.4 Å². The lowest BCUT2D eigenvalue weighted by molar-refractivity contribution is 0.392. The number of nitrogens with zero attached hydrogens (tertiary/aromatic N) is 5. The minimum absolute atomic E-state index is 0.619. The Morgan fingerprint density at radius 3 is 2.61 bits per heavy atom. The molecule has 0 unspecified atom stereocenters. The van der Waals surface area contributed by atoms with Gasteiger partial charge in [-0.1, -0.05) is 16.5 Å². The summed E-state index contributed by atoms with van der Waals surface area (Å²) < 4.78 is 7.05. The van der Waals surface area contributed by atoms with Gasteiger partial charge in [0.1, 0.15) is 5.76 Å². The van der Waals surface area contributed by atoms with Gasteiger partial charge in [-0.15, -0.1) is 21.5 Å². The minimum atomic E-state index is 0.619. The highest BCUT2D eigenvalue weighted by Crippen LogP contribution is 2.33. The summed E-state index contributed by atoms with van der Waals surface area (Å²) in [7, 11) is 0. The third-order valence-corrected chi connectivity index (χ3v) is 6.17. The van der Waals surface area contributed by atoms with Crippen LogP contribution in [-0.4, -0.2) is 25.0 Å². The number of hydrogen-bond donors (Lipinski definition) is 0. The lowest BCUT2D eigenvalue weighted by Crippen LogP contribution is -1.99. The van der Waals surface area contributed by atoms with Crippen LogP contribution in [-0.2, 0) is 6.42 Å². The first-order valence-electron chi connectivity index (χ1n) is 7.23. The standard InChI is InChI=1S/C15H15N5OS2/c1-7-5-12(22-10(7)4)14-18-20-13(16-17-15(20)23-14)6-11-8(2)19-21-9(11)3/h5H,6H2,1-4H3. The molecule has 0 bridgehead atoms. The highest BCUT2D eigenvalue weighted by atomic mass is 32.1. The van der Waals surface area contributed by atoms with E-state index in [0.29, 0.717) is 6.42 Å². The van der Waals surface area contributed by atoms with Crippen molar-refractivity contribution in [2.75, 3.05) is 0 Å². The van der Waals surface area contributed by atoms with Crippen molar-refractivity contribution in [3.8, 4) is 9.88 Å². The molecule has 0 aliphatic carbocycles. The molecule has 4 aromatic heterocycles. The Kier molecular flexibility index (Phi) is 3.31. The average molecular weight is 345 g/mol. The largest absolute Gasteiger partial charge is 0.361 e. The summed E-state index contributed by atoms with van der Waals surface area (Å²) in [6, 6.07) is 2.18. The Hall–Kier alpha value is -2.06. The van der Waals surface area contributed by atoms with Gasteiger partial charge in [0.2, 0.25) is 4.96 Å². The van der Waals surface area contributed by atoms with Crippen LogP contribution in [0, 0.1) is 27.7 Å². The van der Waals surface area contributed by atoms with Crippen LogP contribution in [0.1, 0.15) is 33.3 Å². The zero-order chi connectivity index (χ0) is 16.1. The smallest absolute Gasteiger partial charge is 0.235 e. The minimum Gasteiger partial charge on any atom is -0.361 e. The summed E-state index contributed by atoms with van der Waals surface area (Å²) in [5.74, 6) is 1.63. The molecule has 6 nitrogen and oxygen atoms in total. The summed E-state index contributed by atoms with van der Waals surface area (Å²) in [5, 5.41) is 18.2. The molecule has 8 heteroatoms. The topological polar surface area (TPSA) is 69.1 Å². The molecule has 0 saturated heterocycles. The zero-order valence-corrected chi connectivity index (χ0v) is 14.9. The van der Waals surface area contributed by atoms with Crippen LogP contribution in [0.2, 0.25) is 0 Å². The molecule has 118 valence electrons. The van der Waals surface area contributed by atoms with E-state index in [0.717, 1.165) is 32.8 Å². The quantitative estimate of drug-likeness (QED) is 0.566. The van der Waals surface area contributed by atoms with Crippen molar-refractivity contribution in [3.63, 3.8) is 0 Å². The van der Waals surface area contributed by atoms with Crippen LogP contribution < -0.4 is 0 Å². The fourth-order valence-electron chi connectivity index (χ4n) is 2.46. The highest BCUT2D eigenvalue weighted by molar-refractivity contribution is 7.24. The van der Waals surface area contributed by atoms with Crippen LogP contribution in [0.3, 0.4) is 0 Å². The lowest BCUT2D eigenvalue weighted by Gasteiger charge is -1.96. The normalized spacial score (nSPS) is 11.7. The molecule has 4 rings (SSSR count). The molecule has 0 radical (unpaired) electrons. The van der Waals surface area contributed by atoms with Gasteiger partial charge in [-0.05, 0) is 39.3 Å². The number of thiophene rings is 1. The maximum Gasteiger partial charge on any atom is 0.235 e. The Balaban J connectivity index is 1.75. The van der Waals surface area contributed by atoms with Gasteiger partial charge in [0.15, 0.2) is 10.8 Å². The molecule has 0 amide bonds. The molecule has 23 heavy (non-hydrogen) atoms. The second-order valence-corrected chi connectivity index (χ2v) is 7.76. The van der Waals surface area contributed by atoms with E-state index in [9.17, 15) is 0 Å². The van der Waals surface area contributed by atoms with Gasteiger partial charge in [0.05, 0.1) is 10.6 Å². The van der Waals surface area contributed by atoms with Crippen LogP contribution in [0.25, 0.3) is 14.8 Å². The van der Waals surface area contributed by atoms with Gasteiger partial charge in [-0.2, -0.15) is 9.61 Å². The van der Waals surface area contributed by atoms with Crippen molar-refractivity contribution >= 4 is 27.6 Å². The number of rotatable bonds is 3. The molecule has 0 aliphatic heterocycles. The molecular formula is C15H15N5OS2. The van der Waals surface area contributed by atoms with E-state index in [4.69, 9.17) is 9.62 Å². The molecule has 0 atom stereocenters. The molecule has 0 saturated carbocycles. The third kappa shape index (κ3) is 2.38. The van der Waals surface area contributed by atoms with Gasteiger partial charge in [0, 0.05) is 16.9 Å². The molecule has 0 aliphatic rings. The first-order chi connectivity index (χ1) is 11.0. The number of fused-ring (bicyclic) bond motifs is 1. The van der Waals surface area contributed by atoms with Crippen molar-refractivity contribution in [3.05, 3.63) is 39.3 Å². The van der Waals surface area contributed by atoms with Crippen molar-refractivity contribution in [1.82, 2.24) is 25.0 Å². The third-order valence-electron chi connectivity index (χ3n) is 3.95. The first kappa shape index (κ1) is 14.5. The molecule has 4 aromatic rings. The van der Waals surface area contributed by atoms with E-state index < -0.39 is 0 Å². The van der Waals surface area contributed by atoms with Crippen LogP contribution in [0.4, 0.5) is 0 Å². The van der Waals surface area contributed by atoms with Gasteiger partial charge < -0.3 is 4.52 Å². The highest BCUT2D eigenvalue weighted by Gasteiger charge is 2.18. The van der Waals surface area contributed by atoms with Gasteiger partial charge in [-0.3, -0.25) is 0 Å². The zero-order valence-electron chi connectivity index (χ0n) is 13.2. The number of aromatic nitrogens is 5. The average Bonchev–Trinajstić information content (AvgIpc) is 3.23. The van der Waals surface area contributed by atoms with Crippen LogP contribution >= 0.6 is 22.7 Å². The SMILES string of the molecule is Cc1cc(-c2nn3c(Cc4c(C)noc4C)nnc3s2)sc1C. The number of aryl methyl sites for hydroxylation is 4. The van der Waals surface area contributed by atoms with Gasteiger partial charge >= 0.3 is 0 Å². The lowest BCUT2D eigenvalue weighted by atomic mass is 10.1. The maximum absolute atomic E-state index is 5.22. The second-order valence-electron chi connectivity index (χ2n) is 5.55. The summed E-state index contributed by atoms with van der Waals surface area (Å²) in [6.45, 7) is 8.11. The Morgan fingerprint density at radius 2 is 1.96 bits per heavy atom. The maximum atomic E-state index is 5.22. The molecule has 0 fully saturated rings. The predicted molar refractivity (Wildman–Crippen MR) is 90.2 cm³/mol. The summed E-state index contributed by atoms with van der Waals surface area (Å²) in [5.41, 5.74) is 3.24. The summed E-state index contributed by atoms with van der Waals surface area (Å²) in [4.78, 5) is 3.31. The van der Waals surface area contributed by atoms with Crippen molar-refractivity contribution < 1.29 is 4.52 Å². The molecular weight excluding hydrogens is 330 g/mol. The first-order valence-corrected chi connectivity index (χ1v) is 8.86. The Bertz CT molecular complexity index is 968. The fraction of sp³-hybridized carbons (Fsp3) is 0.333. The van der Waals surface area contributed by atoms with E-state index in [1.54, 1.807) is 22.7 Å². The van der Waals surface area contributed by atoms with E-state index in [1.165, 1.54) is 15.3 Å². The Morgan fingerprint density at radius 1 is 1.13 bits per heavy atom. The molecule has 0 spiro atoms. The second kappa shape index (κ2) is 5.24. The van der Waals surface area contributed by atoms with Gasteiger partial charge in [-0.25, -0.2) is 0 Å². The van der Waals surface area contributed by atoms with Crippen LogP contribution in [0.15, 0.2) is 10.6 Å². The summed E-state index contributed by atoms with van der Waals surface area (Å²) in [6.07, 6.45) is 0.619. The van der Waals surface area contributed by atoms with Crippen LogP contribution in [0.5, 0.6) is 0 Å². The monoisotopic (exact) mass is 345 g/mol. The Labute approximate surface area is 140 Å². The van der Waals surface area contributed by atoms with Crippen molar-refractivity contribution in [1.29, 1.82) is 0 Å². The molecule has 4 heterocycles. The molecule has 0 aromatic carbocycles. The van der Waals surface area contributed by atoms with E-state index >= 15 is 0 Å². The van der Waals surface area contributed by atoms with E-state index in [2.05, 4.69) is 35.3 Å². The summed E-state index contributed by atoms with van der Waals surface area (Å²) >= 11 is 3.33. The predicted octanol–water partition coefficient (Wildman–Crippen LogP) is 3.73. The molecule has 0 N–H and O–H groups in total. The van der Waals surface area contributed by atoms with Crippen molar-refractivity contribution in [2.24, 2.45) is 0 Å².